The molecule has 2 rings (SSSR count). The molecule has 0 saturated carbocycles. The van der Waals surface area contributed by atoms with Gasteiger partial charge < -0.3 is 5.32 Å². The van der Waals surface area contributed by atoms with Gasteiger partial charge in [0.2, 0.25) is 5.91 Å². The number of nitrogens with zero attached hydrogens (tertiary/aromatic N) is 1. The van der Waals surface area contributed by atoms with Crippen molar-refractivity contribution in [3.8, 4) is 0 Å². The molecular weight excluding hydrogens is 264 g/mol. The van der Waals surface area contributed by atoms with Gasteiger partial charge in [0.1, 0.15) is 0 Å². The highest BCUT2D eigenvalue weighted by Gasteiger charge is 2.16. The number of amides is 1. The van der Waals surface area contributed by atoms with Gasteiger partial charge in [0, 0.05) is 30.1 Å². The van der Waals surface area contributed by atoms with E-state index in [-0.39, 0.29) is 11.8 Å². The van der Waals surface area contributed by atoms with E-state index in [4.69, 9.17) is 11.6 Å². The van der Waals surface area contributed by atoms with Gasteiger partial charge in [-0.05, 0) is 18.2 Å². The van der Waals surface area contributed by atoms with Crippen molar-refractivity contribution < 1.29 is 9.59 Å². The predicted molar refractivity (Wildman–Crippen MR) is 75.8 cm³/mol. The highest BCUT2D eigenvalue weighted by atomic mass is 35.5. The molecule has 4 nitrogen and oxygen atoms in total. The smallest absolute Gasteiger partial charge is 0.253 e. The third-order valence-corrected chi connectivity index (χ3v) is 2.99. The van der Waals surface area contributed by atoms with Crippen molar-refractivity contribution in [1.29, 1.82) is 0 Å². The van der Waals surface area contributed by atoms with E-state index in [1.165, 1.54) is 17.7 Å². The van der Waals surface area contributed by atoms with Gasteiger partial charge in [-0.3, -0.25) is 14.2 Å². The number of halogens is 1. The van der Waals surface area contributed by atoms with Gasteiger partial charge in [-0.25, -0.2) is 0 Å². The van der Waals surface area contributed by atoms with Crippen LogP contribution in [0.15, 0.2) is 37.1 Å². The minimum atomic E-state index is -0.257. The Balaban J connectivity index is 2.60. The van der Waals surface area contributed by atoms with E-state index in [9.17, 15) is 9.59 Å². The molecule has 0 aliphatic rings. The Morgan fingerprint density at radius 3 is 2.84 bits per heavy atom. The van der Waals surface area contributed by atoms with Gasteiger partial charge in [-0.1, -0.05) is 17.7 Å². The molecule has 19 heavy (non-hydrogen) atoms. The quantitative estimate of drug-likeness (QED) is 0.877. The van der Waals surface area contributed by atoms with Crippen LogP contribution in [0.25, 0.3) is 10.9 Å². The van der Waals surface area contributed by atoms with E-state index < -0.39 is 0 Å². The van der Waals surface area contributed by atoms with Crippen LogP contribution < -0.4 is 5.32 Å². The Labute approximate surface area is 115 Å². The largest absolute Gasteiger partial charge is 0.349 e. The number of fused-ring (bicyclic) bond motifs is 1. The van der Waals surface area contributed by atoms with E-state index in [0.717, 1.165) is 0 Å². The Hall–Kier alpha value is -2.07. The van der Waals surface area contributed by atoms with Crippen molar-refractivity contribution in [3.05, 3.63) is 47.6 Å². The van der Waals surface area contributed by atoms with Crippen LogP contribution in [0.3, 0.4) is 0 Å². The summed E-state index contributed by atoms with van der Waals surface area (Å²) in [5, 5.41) is 3.86. The SMILES string of the molecule is C=CCNC(=O)c1cn(C(C)=O)c2ccc(Cl)cc12. The number of hydrogen-bond donors (Lipinski definition) is 1. The van der Waals surface area contributed by atoms with Crippen molar-refractivity contribution in [2.75, 3.05) is 6.54 Å². The van der Waals surface area contributed by atoms with Crippen molar-refractivity contribution in [2.24, 2.45) is 0 Å². The Bertz CT molecular complexity index is 673. The molecule has 0 atom stereocenters. The van der Waals surface area contributed by atoms with Crippen molar-refractivity contribution in [3.63, 3.8) is 0 Å². The van der Waals surface area contributed by atoms with E-state index in [1.807, 2.05) is 0 Å². The topological polar surface area (TPSA) is 51.1 Å². The molecule has 5 heteroatoms. The first-order valence-electron chi connectivity index (χ1n) is 5.75. The summed E-state index contributed by atoms with van der Waals surface area (Å²) in [5.41, 5.74) is 1.09. The lowest BCUT2D eigenvalue weighted by atomic mass is 10.1. The number of rotatable bonds is 3. The summed E-state index contributed by atoms with van der Waals surface area (Å²) < 4.78 is 1.44. The van der Waals surface area contributed by atoms with Crippen LogP contribution in [0, 0.1) is 0 Å². The monoisotopic (exact) mass is 276 g/mol. The maximum atomic E-state index is 12.0. The first-order chi connectivity index (χ1) is 9.04. The van der Waals surface area contributed by atoms with E-state index in [2.05, 4.69) is 11.9 Å². The van der Waals surface area contributed by atoms with Crippen molar-refractivity contribution in [1.82, 2.24) is 9.88 Å². The highest BCUT2D eigenvalue weighted by molar-refractivity contribution is 6.31. The Kier molecular flexibility index (Phi) is 3.71. The maximum Gasteiger partial charge on any atom is 0.253 e. The van der Waals surface area contributed by atoms with Crippen LogP contribution in [0.2, 0.25) is 5.02 Å². The van der Waals surface area contributed by atoms with Crippen LogP contribution in [-0.2, 0) is 0 Å². The summed E-state index contributed by atoms with van der Waals surface area (Å²) in [6.45, 7) is 5.35. The number of hydrogen-bond acceptors (Lipinski definition) is 2. The summed E-state index contributed by atoms with van der Waals surface area (Å²) in [6.07, 6.45) is 3.12. The molecule has 2 aromatic rings. The van der Waals surface area contributed by atoms with Crippen LogP contribution in [0.5, 0.6) is 0 Å². The summed E-state index contributed by atoms with van der Waals surface area (Å²) in [7, 11) is 0. The highest BCUT2D eigenvalue weighted by Crippen LogP contribution is 2.25. The second-order valence-electron chi connectivity index (χ2n) is 4.09. The minimum absolute atomic E-state index is 0.157. The molecule has 1 amide bonds. The lowest BCUT2D eigenvalue weighted by Crippen LogP contribution is -2.23. The molecule has 0 spiro atoms. The van der Waals surface area contributed by atoms with Gasteiger partial charge in [-0.2, -0.15) is 0 Å². The molecule has 0 fully saturated rings. The van der Waals surface area contributed by atoms with Crippen LogP contribution in [0.4, 0.5) is 0 Å². The van der Waals surface area contributed by atoms with Gasteiger partial charge in [0.15, 0.2) is 0 Å². The molecule has 1 aromatic heterocycles. The fourth-order valence-electron chi connectivity index (χ4n) is 1.90. The van der Waals surface area contributed by atoms with Crippen molar-refractivity contribution in [2.45, 2.75) is 6.92 Å². The summed E-state index contributed by atoms with van der Waals surface area (Å²) in [4.78, 5) is 23.6. The lowest BCUT2D eigenvalue weighted by Gasteiger charge is -2.00. The third kappa shape index (κ3) is 2.53. The molecule has 98 valence electrons. The summed E-state index contributed by atoms with van der Waals surface area (Å²) in [6, 6.07) is 5.09. The average Bonchev–Trinajstić information content (AvgIpc) is 2.74. The third-order valence-electron chi connectivity index (χ3n) is 2.76. The molecule has 1 N–H and O–H groups in total. The van der Waals surface area contributed by atoms with Gasteiger partial charge >= 0.3 is 0 Å². The number of carbonyl (C=O) groups excluding carboxylic acids is 2. The van der Waals surface area contributed by atoms with Gasteiger partial charge in [-0.15, -0.1) is 6.58 Å². The molecule has 0 bridgehead atoms. The molecule has 1 heterocycles. The second-order valence-corrected chi connectivity index (χ2v) is 4.53. The average molecular weight is 277 g/mol. The first-order valence-corrected chi connectivity index (χ1v) is 6.13. The zero-order chi connectivity index (χ0) is 14.0. The maximum absolute atomic E-state index is 12.0. The first kappa shape index (κ1) is 13.4. The zero-order valence-corrected chi connectivity index (χ0v) is 11.2. The number of aromatic nitrogens is 1. The van der Waals surface area contributed by atoms with Crippen LogP contribution >= 0.6 is 11.6 Å². The fourth-order valence-corrected chi connectivity index (χ4v) is 2.08. The molecule has 0 aliphatic heterocycles. The fraction of sp³-hybridized carbons (Fsp3) is 0.143. The summed E-state index contributed by atoms with van der Waals surface area (Å²) >= 11 is 5.95. The Morgan fingerprint density at radius 1 is 1.47 bits per heavy atom. The van der Waals surface area contributed by atoms with Crippen molar-refractivity contribution >= 4 is 34.3 Å². The Morgan fingerprint density at radius 2 is 2.21 bits per heavy atom. The van der Waals surface area contributed by atoms with Gasteiger partial charge in [0.25, 0.3) is 5.91 Å². The van der Waals surface area contributed by atoms with Crippen LogP contribution in [-0.4, -0.2) is 22.9 Å². The molecular formula is C14H13ClN2O2. The van der Waals surface area contributed by atoms with E-state index in [1.54, 1.807) is 24.3 Å². The molecule has 0 unspecified atom stereocenters. The number of nitrogens with one attached hydrogen (secondary N) is 1. The minimum Gasteiger partial charge on any atom is -0.349 e. The molecule has 0 saturated heterocycles. The lowest BCUT2D eigenvalue weighted by molar-refractivity contribution is 0.0941. The molecule has 1 aromatic carbocycles. The van der Waals surface area contributed by atoms with Gasteiger partial charge in [0.05, 0.1) is 11.1 Å². The summed E-state index contributed by atoms with van der Waals surface area (Å²) in [5.74, 6) is -0.415. The van der Waals surface area contributed by atoms with E-state index >= 15 is 0 Å². The second kappa shape index (κ2) is 5.28. The predicted octanol–water partition coefficient (Wildman–Crippen LogP) is 2.87. The molecule has 0 radical (unpaired) electrons. The number of benzene rings is 1. The number of carbonyl (C=O) groups is 2. The standard InChI is InChI=1S/C14H13ClN2O2/c1-3-6-16-14(19)12-8-17(9(2)18)13-5-4-10(15)7-11(12)13/h3-5,7-8H,1,6H2,2H3,(H,16,19). The van der Waals surface area contributed by atoms with Crippen LogP contribution in [0.1, 0.15) is 22.1 Å². The normalized spacial score (nSPS) is 10.4. The molecule has 0 aliphatic carbocycles. The zero-order valence-electron chi connectivity index (χ0n) is 10.4. The van der Waals surface area contributed by atoms with E-state index in [0.29, 0.717) is 28.0 Å².